The summed E-state index contributed by atoms with van der Waals surface area (Å²) in [5.41, 5.74) is 1.49. The number of benzene rings is 2. The van der Waals surface area contributed by atoms with E-state index in [1.54, 1.807) is 36.7 Å². The van der Waals surface area contributed by atoms with Gasteiger partial charge in [-0.05, 0) is 50.2 Å². The zero-order valence-corrected chi connectivity index (χ0v) is 16.9. The average molecular weight is 413 g/mol. The molecular formula is C22H18ClFN2OS. The molecule has 0 aliphatic heterocycles. The second-order valence-corrected chi connectivity index (χ2v) is 8.47. The molecule has 0 saturated carbocycles. The number of rotatable bonds is 4. The fourth-order valence-electron chi connectivity index (χ4n) is 2.94. The summed E-state index contributed by atoms with van der Waals surface area (Å²) >= 11 is 7.86. The topological polar surface area (TPSA) is 38.0 Å². The molecule has 6 heteroatoms. The SMILES string of the molecule is CC(C)(O)c1cc(-c2ccc(-c3ccccc3F)s2)n(-c2ccccc2Cl)n1. The minimum atomic E-state index is -1.10. The average Bonchev–Trinajstić information content (AvgIpc) is 3.29. The van der Waals surface area contributed by atoms with E-state index in [9.17, 15) is 9.50 Å². The number of nitrogens with zero attached hydrogens (tertiary/aromatic N) is 2. The molecule has 4 aromatic rings. The highest BCUT2D eigenvalue weighted by atomic mass is 35.5. The molecule has 2 aromatic heterocycles. The van der Waals surface area contributed by atoms with E-state index in [2.05, 4.69) is 5.10 Å². The molecule has 0 saturated heterocycles. The van der Waals surface area contributed by atoms with Crippen LogP contribution in [0.15, 0.2) is 66.7 Å². The second kappa shape index (κ2) is 7.17. The van der Waals surface area contributed by atoms with Crippen LogP contribution in [0.25, 0.3) is 26.7 Å². The van der Waals surface area contributed by atoms with Crippen molar-refractivity contribution in [3.05, 3.63) is 83.3 Å². The first kappa shape index (κ1) is 18.9. The summed E-state index contributed by atoms with van der Waals surface area (Å²) in [7, 11) is 0. The molecule has 0 atom stereocenters. The Morgan fingerprint density at radius 1 is 1.00 bits per heavy atom. The Kier molecular flexibility index (Phi) is 4.83. The minimum absolute atomic E-state index is 0.257. The van der Waals surface area contributed by atoms with Crippen LogP contribution in [0.2, 0.25) is 5.02 Å². The summed E-state index contributed by atoms with van der Waals surface area (Å²) < 4.78 is 15.9. The number of para-hydroxylation sites is 1. The monoisotopic (exact) mass is 412 g/mol. The van der Waals surface area contributed by atoms with E-state index >= 15 is 0 Å². The summed E-state index contributed by atoms with van der Waals surface area (Å²) in [6.07, 6.45) is 0. The minimum Gasteiger partial charge on any atom is -0.384 e. The standard InChI is InChI=1S/C22H18ClFN2OS/c1-22(2,27)21-13-18(26(25-21)17-10-6-4-8-15(17)23)20-12-11-19(28-20)14-7-3-5-9-16(14)24/h3-13,27H,1-2H3. The first-order valence-corrected chi connectivity index (χ1v) is 9.97. The predicted molar refractivity (Wildman–Crippen MR) is 113 cm³/mol. The fraction of sp³-hybridized carbons (Fsp3) is 0.136. The Hall–Kier alpha value is -2.47. The summed E-state index contributed by atoms with van der Waals surface area (Å²) in [4.78, 5) is 1.73. The third kappa shape index (κ3) is 3.49. The van der Waals surface area contributed by atoms with Gasteiger partial charge in [0.05, 0.1) is 27.0 Å². The van der Waals surface area contributed by atoms with Crippen LogP contribution in [0.4, 0.5) is 4.39 Å². The Morgan fingerprint density at radius 2 is 1.68 bits per heavy atom. The Labute approximate surface area is 171 Å². The Bertz CT molecular complexity index is 1140. The number of aromatic nitrogens is 2. The van der Waals surface area contributed by atoms with Gasteiger partial charge in [-0.25, -0.2) is 9.07 Å². The Balaban J connectivity index is 1.87. The molecule has 0 fully saturated rings. The maximum absolute atomic E-state index is 14.2. The molecule has 3 nitrogen and oxygen atoms in total. The van der Waals surface area contributed by atoms with E-state index in [1.165, 1.54) is 17.4 Å². The molecule has 2 heterocycles. The summed E-state index contributed by atoms with van der Waals surface area (Å²) in [5.74, 6) is -0.257. The van der Waals surface area contributed by atoms with Gasteiger partial charge in [0.2, 0.25) is 0 Å². The lowest BCUT2D eigenvalue weighted by Gasteiger charge is -2.13. The summed E-state index contributed by atoms with van der Waals surface area (Å²) in [5, 5.41) is 15.6. The molecule has 2 aromatic carbocycles. The van der Waals surface area contributed by atoms with E-state index in [4.69, 9.17) is 11.6 Å². The molecule has 0 bridgehead atoms. The van der Waals surface area contributed by atoms with Gasteiger partial charge in [0.15, 0.2) is 0 Å². The van der Waals surface area contributed by atoms with Crippen molar-refractivity contribution in [2.45, 2.75) is 19.4 Å². The van der Waals surface area contributed by atoms with Crippen molar-refractivity contribution >= 4 is 22.9 Å². The van der Waals surface area contributed by atoms with E-state index in [0.717, 1.165) is 21.1 Å². The van der Waals surface area contributed by atoms with Crippen LogP contribution in [-0.4, -0.2) is 14.9 Å². The van der Waals surface area contributed by atoms with Crippen molar-refractivity contribution < 1.29 is 9.50 Å². The predicted octanol–water partition coefficient (Wildman–Crippen LogP) is 6.29. The van der Waals surface area contributed by atoms with Gasteiger partial charge in [-0.15, -0.1) is 11.3 Å². The van der Waals surface area contributed by atoms with Gasteiger partial charge >= 0.3 is 0 Å². The van der Waals surface area contributed by atoms with Gasteiger partial charge in [0.1, 0.15) is 11.4 Å². The number of thiophene rings is 1. The van der Waals surface area contributed by atoms with E-state index in [-0.39, 0.29) is 5.82 Å². The van der Waals surface area contributed by atoms with Crippen LogP contribution < -0.4 is 0 Å². The molecule has 142 valence electrons. The summed E-state index contributed by atoms with van der Waals surface area (Å²) in [6, 6.07) is 19.8. The molecule has 0 radical (unpaired) electrons. The van der Waals surface area contributed by atoms with Crippen LogP contribution in [-0.2, 0) is 5.60 Å². The molecule has 0 aliphatic carbocycles. The molecule has 4 rings (SSSR count). The number of hydrogen-bond acceptors (Lipinski definition) is 3. The molecule has 1 N–H and O–H groups in total. The van der Waals surface area contributed by atoms with Gasteiger partial charge < -0.3 is 5.11 Å². The van der Waals surface area contributed by atoms with Crippen LogP contribution >= 0.6 is 22.9 Å². The third-order valence-corrected chi connectivity index (χ3v) is 5.88. The van der Waals surface area contributed by atoms with Crippen LogP contribution in [0.3, 0.4) is 0 Å². The highest BCUT2D eigenvalue weighted by Crippen LogP contribution is 2.38. The largest absolute Gasteiger partial charge is 0.384 e. The van der Waals surface area contributed by atoms with Crippen LogP contribution in [0, 0.1) is 5.82 Å². The lowest BCUT2D eigenvalue weighted by atomic mass is 10.1. The number of aliphatic hydroxyl groups is 1. The first-order valence-electron chi connectivity index (χ1n) is 8.77. The zero-order chi connectivity index (χ0) is 19.9. The zero-order valence-electron chi connectivity index (χ0n) is 15.4. The van der Waals surface area contributed by atoms with Crippen molar-refractivity contribution in [1.29, 1.82) is 0 Å². The van der Waals surface area contributed by atoms with Gasteiger partial charge in [-0.1, -0.05) is 41.9 Å². The Morgan fingerprint density at radius 3 is 2.39 bits per heavy atom. The maximum Gasteiger partial charge on any atom is 0.131 e. The molecule has 0 aliphatic rings. The van der Waals surface area contributed by atoms with Gasteiger partial charge in [-0.3, -0.25) is 0 Å². The van der Waals surface area contributed by atoms with Crippen LogP contribution in [0.5, 0.6) is 0 Å². The van der Waals surface area contributed by atoms with E-state index in [0.29, 0.717) is 16.3 Å². The van der Waals surface area contributed by atoms with Crippen molar-refractivity contribution in [2.75, 3.05) is 0 Å². The maximum atomic E-state index is 14.2. The molecular weight excluding hydrogens is 395 g/mol. The van der Waals surface area contributed by atoms with Gasteiger partial charge in [-0.2, -0.15) is 5.10 Å². The van der Waals surface area contributed by atoms with Crippen molar-refractivity contribution in [2.24, 2.45) is 0 Å². The van der Waals surface area contributed by atoms with Gasteiger partial charge in [0, 0.05) is 10.4 Å². The lowest BCUT2D eigenvalue weighted by molar-refractivity contribution is 0.0734. The smallest absolute Gasteiger partial charge is 0.131 e. The second-order valence-electron chi connectivity index (χ2n) is 6.98. The van der Waals surface area contributed by atoms with Crippen molar-refractivity contribution in [3.8, 4) is 26.7 Å². The lowest BCUT2D eigenvalue weighted by Crippen LogP contribution is -2.16. The number of hydrogen-bond donors (Lipinski definition) is 1. The van der Waals surface area contributed by atoms with Gasteiger partial charge in [0.25, 0.3) is 0 Å². The third-order valence-electron chi connectivity index (χ3n) is 4.41. The van der Waals surface area contributed by atoms with E-state index < -0.39 is 5.60 Å². The van der Waals surface area contributed by atoms with E-state index in [1.807, 2.05) is 42.5 Å². The summed E-state index contributed by atoms with van der Waals surface area (Å²) in [6.45, 7) is 3.38. The quantitative estimate of drug-likeness (QED) is 0.428. The normalized spacial score (nSPS) is 11.8. The van der Waals surface area contributed by atoms with Crippen molar-refractivity contribution in [1.82, 2.24) is 9.78 Å². The fourth-order valence-corrected chi connectivity index (χ4v) is 4.19. The van der Waals surface area contributed by atoms with Crippen molar-refractivity contribution in [3.63, 3.8) is 0 Å². The van der Waals surface area contributed by atoms with Crippen LogP contribution in [0.1, 0.15) is 19.5 Å². The molecule has 0 spiro atoms. The number of halogens is 2. The highest BCUT2D eigenvalue weighted by Gasteiger charge is 2.24. The molecule has 28 heavy (non-hydrogen) atoms. The molecule has 0 amide bonds. The first-order chi connectivity index (χ1) is 13.3. The highest BCUT2D eigenvalue weighted by molar-refractivity contribution is 7.18. The molecule has 0 unspecified atom stereocenters.